The zero-order chi connectivity index (χ0) is 36.8. The van der Waals surface area contributed by atoms with Gasteiger partial charge in [-0.3, -0.25) is 0 Å². The molecule has 0 saturated carbocycles. The summed E-state index contributed by atoms with van der Waals surface area (Å²) in [5.41, 5.74) is 18.0. The van der Waals surface area contributed by atoms with E-state index in [4.69, 9.17) is 15.0 Å². The Bertz CT molecular complexity index is 3030. The van der Waals surface area contributed by atoms with E-state index in [1.54, 1.807) is 0 Å². The number of hydrogen-bond acceptors (Lipinski definition) is 3. The van der Waals surface area contributed by atoms with Crippen molar-refractivity contribution in [3.05, 3.63) is 217 Å². The number of rotatable bonds is 4. The molecule has 1 aliphatic heterocycles. The SMILES string of the molecule is c1ccc(-c2nc(-c3ccc4c(c3)-c3ccccc3[I-]4)nc(-c3ccccc3-c3ccc4c(c3)-c3ccccc3C43c4ccccc4-c4ccccc43)n2)cc1. The first-order valence-electron chi connectivity index (χ1n) is 19.0. The summed E-state index contributed by atoms with van der Waals surface area (Å²) in [5.74, 6) is 2.00. The molecule has 56 heavy (non-hydrogen) atoms. The molecule has 3 aliphatic rings. The Balaban J connectivity index is 1.04. The van der Waals surface area contributed by atoms with Gasteiger partial charge in [-0.25, -0.2) is 0 Å². The zero-order valence-corrected chi connectivity index (χ0v) is 32.3. The molecule has 1 spiro atoms. The quantitative estimate of drug-likeness (QED) is 0.167. The molecule has 4 heteroatoms. The second-order valence-corrected chi connectivity index (χ2v) is 17.5. The van der Waals surface area contributed by atoms with Gasteiger partial charge in [-0.05, 0) is 38.9 Å². The first kappa shape index (κ1) is 31.8. The Labute approximate surface area is 335 Å². The van der Waals surface area contributed by atoms with Gasteiger partial charge in [0.1, 0.15) is 0 Å². The van der Waals surface area contributed by atoms with Crippen molar-refractivity contribution >= 4 is 0 Å². The van der Waals surface area contributed by atoms with Crippen LogP contribution in [0.15, 0.2) is 188 Å². The summed E-state index contributed by atoms with van der Waals surface area (Å²) in [6.45, 7) is 0. The molecule has 0 N–H and O–H groups in total. The van der Waals surface area contributed by atoms with Crippen molar-refractivity contribution in [2.24, 2.45) is 0 Å². The first-order chi connectivity index (χ1) is 27.8. The third kappa shape index (κ3) is 4.53. The molecule has 2 heterocycles. The molecule has 0 saturated heterocycles. The van der Waals surface area contributed by atoms with Gasteiger partial charge < -0.3 is 0 Å². The molecule has 1 aromatic heterocycles. The summed E-state index contributed by atoms with van der Waals surface area (Å²) < 4.78 is 2.92. The molecule has 0 fully saturated rings. The van der Waals surface area contributed by atoms with Crippen LogP contribution in [0.4, 0.5) is 0 Å². The zero-order valence-electron chi connectivity index (χ0n) is 30.1. The molecular formula is C52H31IN3-. The van der Waals surface area contributed by atoms with Crippen LogP contribution in [0.1, 0.15) is 22.3 Å². The van der Waals surface area contributed by atoms with Crippen LogP contribution in [-0.2, 0) is 5.41 Å². The van der Waals surface area contributed by atoms with Crippen LogP contribution >= 0.6 is 0 Å². The Kier molecular flexibility index (Phi) is 6.96. The van der Waals surface area contributed by atoms with Crippen LogP contribution in [0.5, 0.6) is 0 Å². The predicted molar refractivity (Wildman–Crippen MR) is 221 cm³/mol. The van der Waals surface area contributed by atoms with Crippen LogP contribution in [0, 0.1) is 7.14 Å². The van der Waals surface area contributed by atoms with E-state index < -0.39 is 0 Å². The van der Waals surface area contributed by atoms with E-state index in [1.165, 1.54) is 62.8 Å². The van der Waals surface area contributed by atoms with Gasteiger partial charge in [0.2, 0.25) is 0 Å². The molecule has 0 unspecified atom stereocenters. The maximum absolute atomic E-state index is 5.27. The van der Waals surface area contributed by atoms with Crippen molar-refractivity contribution in [3.8, 4) is 78.7 Å². The van der Waals surface area contributed by atoms with Crippen LogP contribution in [0.25, 0.3) is 78.7 Å². The monoisotopic (exact) mass is 824 g/mol. The van der Waals surface area contributed by atoms with Gasteiger partial charge in [0.15, 0.2) is 0 Å². The fourth-order valence-corrected chi connectivity index (χ4v) is 12.2. The van der Waals surface area contributed by atoms with Crippen LogP contribution in [-0.4, -0.2) is 15.0 Å². The number of hydrogen-bond donors (Lipinski definition) is 0. The standard InChI is InChI=1S/C52H31IN3/c1-2-14-32(15-3-1)49-54-50(34-27-29-48-42(31-34)39-20-9-13-25-47(39)53-48)56-51(55-49)40-21-5-4-16-35(40)33-26-28-46-41(30-33)38-19-8-12-24-45(38)52(46)43-22-10-6-17-36(43)37-18-7-11-23-44(37)52/h1-31H/q-1. The second-order valence-electron chi connectivity index (χ2n) is 14.6. The van der Waals surface area contributed by atoms with Crippen LogP contribution < -0.4 is 21.2 Å². The van der Waals surface area contributed by atoms with Crippen LogP contribution in [0.3, 0.4) is 0 Å². The van der Waals surface area contributed by atoms with Gasteiger partial charge in [-0.2, -0.15) is 0 Å². The van der Waals surface area contributed by atoms with Gasteiger partial charge in [0, 0.05) is 0 Å². The summed E-state index contributed by atoms with van der Waals surface area (Å²) in [5, 5.41) is 0. The molecular weight excluding hydrogens is 793 g/mol. The molecule has 0 radical (unpaired) electrons. The topological polar surface area (TPSA) is 38.7 Å². The third-order valence-electron chi connectivity index (χ3n) is 11.7. The molecule has 3 nitrogen and oxygen atoms in total. The van der Waals surface area contributed by atoms with E-state index >= 15 is 0 Å². The molecule has 9 aromatic rings. The van der Waals surface area contributed by atoms with Crippen molar-refractivity contribution in [1.29, 1.82) is 0 Å². The molecule has 0 bridgehead atoms. The van der Waals surface area contributed by atoms with E-state index in [-0.39, 0.29) is 26.6 Å². The molecule has 0 amide bonds. The van der Waals surface area contributed by atoms with Gasteiger partial charge >= 0.3 is 221 Å². The van der Waals surface area contributed by atoms with Gasteiger partial charge in [-0.1, -0.05) is 72.8 Å². The third-order valence-corrected chi connectivity index (χ3v) is 14.8. The maximum atomic E-state index is 5.27. The fraction of sp³-hybridized carbons (Fsp3) is 0.0192. The normalized spacial score (nSPS) is 13.6. The summed E-state index contributed by atoms with van der Waals surface area (Å²) in [7, 11) is 0. The van der Waals surface area contributed by atoms with Crippen molar-refractivity contribution < 1.29 is 21.2 Å². The molecule has 262 valence electrons. The van der Waals surface area contributed by atoms with E-state index in [2.05, 4.69) is 170 Å². The average Bonchev–Trinajstić information content (AvgIpc) is 3.90. The fourth-order valence-electron chi connectivity index (χ4n) is 9.36. The second kappa shape index (κ2) is 12.3. The molecule has 0 atom stereocenters. The van der Waals surface area contributed by atoms with Crippen molar-refractivity contribution in [3.63, 3.8) is 0 Å². The number of aromatic nitrogens is 3. The van der Waals surface area contributed by atoms with Crippen LogP contribution in [0.2, 0.25) is 0 Å². The summed E-state index contributed by atoms with van der Waals surface area (Å²) in [6, 6.07) is 68.4. The number of fused-ring (bicyclic) bond motifs is 13. The van der Waals surface area contributed by atoms with Gasteiger partial charge in [0.05, 0.1) is 5.41 Å². The van der Waals surface area contributed by atoms with E-state index in [0.29, 0.717) is 17.5 Å². The van der Waals surface area contributed by atoms with E-state index in [0.717, 1.165) is 27.8 Å². The summed E-state index contributed by atoms with van der Waals surface area (Å²) >= 11 is -0.200. The minimum absolute atomic E-state index is 0.200. The molecule has 2 aliphatic carbocycles. The van der Waals surface area contributed by atoms with Crippen molar-refractivity contribution in [2.45, 2.75) is 5.41 Å². The van der Waals surface area contributed by atoms with Gasteiger partial charge in [-0.15, -0.1) is 0 Å². The Morgan fingerprint density at radius 2 is 0.750 bits per heavy atom. The summed E-state index contributed by atoms with van der Waals surface area (Å²) in [6.07, 6.45) is 0. The summed E-state index contributed by atoms with van der Waals surface area (Å²) in [4.78, 5) is 15.6. The first-order valence-corrected chi connectivity index (χ1v) is 21.2. The predicted octanol–water partition coefficient (Wildman–Crippen LogP) is 8.99. The number of nitrogens with zero attached hydrogens (tertiary/aromatic N) is 3. The molecule has 8 aromatic carbocycles. The Morgan fingerprint density at radius 1 is 0.286 bits per heavy atom. The average molecular weight is 825 g/mol. The van der Waals surface area contributed by atoms with Crippen molar-refractivity contribution in [2.75, 3.05) is 0 Å². The minimum atomic E-state index is -0.372. The van der Waals surface area contributed by atoms with Crippen molar-refractivity contribution in [1.82, 2.24) is 15.0 Å². The van der Waals surface area contributed by atoms with Gasteiger partial charge in [0.25, 0.3) is 0 Å². The van der Waals surface area contributed by atoms with E-state index in [1.807, 2.05) is 18.2 Å². The molecule has 12 rings (SSSR count). The van der Waals surface area contributed by atoms with E-state index in [9.17, 15) is 0 Å². The number of halogens is 1. The Morgan fingerprint density at radius 3 is 1.45 bits per heavy atom. The number of benzene rings is 8. The Hall–Kier alpha value is -6.50.